The van der Waals surface area contributed by atoms with Crippen LogP contribution < -0.4 is 5.73 Å². The molecule has 1 radical (unpaired) electrons. The molecule has 2 saturated carbocycles. The number of aliphatic hydroxyl groups is 1. The molecule has 0 unspecified atom stereocenters. The summed E-state index contributed by atoms with van der Waals surface area (Å²) in [7, 11) is 1.03. The van der Waals surface area contributed by atoms with E-state index in [2.05, 4.69) is 0 Å². The molecule has 0 aliphatic heterocycles. The van der Waals surface area contributed by atoms with Gasteiger partial charge in [-0.3, -0.25) is 4.79 Å². The highest BCUT2D eigenvalue weighted by Gasteiger charge is 2.61. The van der Waals surface area contributed by atoms with Crippen LogP contribution in [0.15, 0.2) is 0 Å². The minimum absolute atomic E-state index is 0.0821. The van der Waals surface area contributed by atoms with E-state index in [0.717, 1.165) is 7.48 Å². The number of fused-ring (bicyclic) bond motifs is 1. The molecule has 0 spiro atoms. The average Bonchev–Trinajstić information content (AvgIpc) is 2.78. The fourth-order valence-electron chi connectivity index (χ4n) is 3.90. The Morgan fingerprint density at radius 3 is 2.74 bits per heavy atom. The van der Waals surface area contributed by atoms with E-state index < -0.39 is 29.7 Å². The number of carboxylic acid groups (broad SMARTS) is 1. The summed E-state index contributed by atoms with van der Waals surface area (Å²) in [6.45, 7) is 0. The van der Waals surface area contributed by atoms with Crippen LogP contribution in [0.2, 0.25) is 6.32 Å². The lowest BCUT2D eigenvalue weighted by atomic mass is 9.77. The third-order valence-corrected chi connectivity index (χ3v) is 4.84. The van der Waals surface area contributed by atoms with Gasteiger partial charge in [-0.2, -0.15) is 0 Å². The van der Waals surface area contributed by atoms with Crippen molar-refractivity contribution < 1.29 is 24.4 Å². The van der Waals surface area contributed by atoms with Crippen LogP contribution >= 0.6 is 0 Å². The van der Waals surface area contributed by atoms with Gasteiger partial charge in [0.15, 0.2) is 0 Å². The third kappa shape index (κ3) is 2.39. The smallest absolute Gasteiger partial charge is 0.323 e. The van der Waals surface area contributed by atoms with Crippen molar-refractivity contribution in [2.24, 2.45) is 23.5 Å². The first kappa shape index (κ1) is 14.7. The van der Waals surface area contributed by atoms with Crippen molar-refractivity contribution in [3.05, 3.63) is 0 Å². The predicted octanol–water partition coefficient (Wildman–Crippen LogP) is -0.0665. The van der Waals surface area contributed by atoms with Crippen LogP contribution in [-0.4, -0.2) is 46.5 Å². The maximum Gasteiger partial charge on any atom is 0.323 e. The number of aliphatic carboxylic acids is 1. The van der Waals surface area contributed by atoms with Crippen molar-refractivity contribution >= 4 is 13.5 Å². The topological polar surface area (TPSA) is 104 Å². The van der Waals surface area contributed by atoms with E-state index in [-0.39, 0.29) is 24.7 Å². The summed E-state index contributed by atoms with van der Waals surface area (Å²) < 4.78 is 13.9. The second kappa shape index (κ2) is 5.38. The Morgan fingerprint density at radius 1 is 1.47 bits per heavy atom. The Hall–Kier alpha value is -0.655. The number of aliphatic hydroxyl groups excluding tert-OH is 1. The molecule has 0 saturated heterocycles. The number of rotatable bonds is 5. The van der Waals surface area contributed by atoms with Gasteiger partial charge in [-0.15, -0.1) is 0 Å². The largest absolute Gasteiger partial charge is 0.480 e. The zero-order chi connectivity index (χ0) is 14.2. The fourth-order valence-corrected chi connectivity index (χ4v) is 3.90. The standard InChI is InChI=1S/C12H20BFNO4/c14-10-7-5-12(15,11(17)18)8(2-1-3-13-19)6(7)4-9(10)16/h6-10,16,19H,1-5,15H2,(H,17,18)/t6-,7-,8+,9+,10+,12+/m1/s1. The summed E-state index contributed by atoms with van der Waals surface area (Å²) in [6.07, 6.45) is -0.401. The summed E-state index contributed by atoms with van der Waals surface area (Å²) in [5.74, 6) is -2.07. The third-order valence-electron chi connectivity index (χ3n) is 4.84. The molecule has 2 aliphatic rings. The van der Waals surface area contributed by atoms with Crippen molar-refractivity contribution in [2.45, 2.75) is 49.8 Å². The second-order valence-corrected chi connectivity index (χ2v) is 5.84. The molecule has 7 heteroatoms. The molecule has 0 heterocycles. The number of hydrogen-bond donors (Lipinski definition) is 4. The normalized spacial score (nSPS) is 45.2. The van der Waals surface area contributed by atoms with E-state index >= 15 is 0 Å². The highest BCUT2D eigenvalue weighted by molar-refractivity contribution is 6.25. The molecule has 19 heavy (non-hydrogen) atoms. The summed E-state index contributed by atoms with van der Waals surface area (Å²) in [4.78, 5) is 11.4. The van der Waals surface area contributed by atoms with Crippen molar-refractivity contribution in [3.8, 4) is 0 Å². The van der Waals surface area contributed by atoms with Gasteiger partial charge in [0, 0.05) is 0 Å². The van der Waals surface area contributed by atoms with Crippen LogP contribution in [0.3, 0.4) is 0 Å². The number of alkyl halides is 1. The maximum atomic E-state index is 13.9. The number of halogens is 1. The molecular formula is C12H20BFNO4. The lowest BCUT2D eigenvalue weighted by Gasteiger charge is -2.30. The quantitative estimate of drug-likeness (QED) is 0.414. The Morgan fingerprint density at radius 2 is 2.16 bits per heavy atom. The lowest BCUT2D eigenvalue weighted by molar-refractivity contribution is -0.145. The van der Waals surface area contributed by atoms with Crippen molar-refractivity contribution in [2.75, 3.05) is 0 Å². The summed E-state index contributed by atoms with van der Waals surface area (Å²) in [5, 5.41) is 27.6. The molecule has 2 fully saturated rings. The SMILES string of the molecule is N[C@@]1(C(=O)O)C[C@H]2[C@H](F)[C@@H](O)C[C@H]2[C@@H]1CCC[B]O. The van der Waals surface area contributed by atoms with Gasteiger partial charge < -0.3 is 21.0 Å². The molecule has 0 aromatic rings. The van der Waals surface area contributed by atoms with Gasteiger partial charge in [0.1, 0.15) is 11.7 Å². The Balaban J connectivity index is 2.16. The van der Waals surface area contributed by atoms with E-state index in [9.17, 15) is 19.4 Å². The minimum atomic E-state index is -1.41. The molecule has 2 rings (SSSR count). The first-order valence-electron chi connectivity index (χ1n) is 6.72. The van der Waals surface area contributed by atoms with E-state index in [1.807, 2.05) is 0 Å². The zero-order valence-corrected chi connectivity index (χ0v) is 10.7. The monoisotopic (exact) mass is 272 g/mol. The van der Waals surface area contributed by atoms with Gasteiger partial charge in [0.2, 0.25) is 0 Å². The molecule has 5 nitrogen and oxygen atoms in total. The van der Waals surface area contributed by atoms with Crippen molar-refractivity contribution in [3.63, 3.8) is 0 Å². The minimum Gasteiger partial charge on any atom is -0.480 e. The first-order valence-corrected chi connectivity index (χ1v) is 6.72. The molecule has 6 atom stereocenters. The van der Waals surface area contributed by atoms with Crippen LogP contribution in [0.25, 0.3) is 0 Å². The molecule has 0 aromatic heterocycles. The Kier molecular flexibility index (Phi) is 4.18. The van der Waals surface area contributed by atoms with Crippen LogP contribution in [-0.2, 0) is 4.79 Å². The summed E-state index contributed by atoms with van der Waals surface area (Å²) >= 11 is 0. The predicted molar refractivity (Wildman–Crippen MR) is 67.2 cm³/mol. The average molecular weight is 272 g/mol. The van der Waals surface area contributed by atoms with E-state index in [1.165, 1.54) is 0 Å². The van der Waals surface area contributed by atoms with Crippen LogP contribution in [0.1, 0.15) is 25.7 Å². The highest BCUT2D eigenvalue weighted by atomic mass is 19.1. The maximum absolute atomic E-state index is 13.9. The fraction of sp³-hybridized carbons (Fsp3) is 0.917. The molecule has 5 N–H and O–H groups in total. The molecule has 2 aliphatic carbocycles. The molecule has 0 aromatic carbocycles. The summed E-state index contributed by atoms with van der Waals surface area (Å²) in [6, 6.07) is 0. The zero-order valence-electron chi connectivity index (χ0n) is 10.7. The van der Waals surface area contributed by atoms with Crippen LogP contribution in [0.4, 0.5) is 4.39 Å². The van der Waals surface area contributed by atoms with Gasteiger partial charge in [-0.05, 0) is 37.0 Å². The number of carboxylic acids is 1. The number of nitrogens with two attached hydrogens (primary N) is 1. The van der Waals surface area contributed by atoms with Crippen LogP contribution in [0, 0.1) is 17.8 Å². The van der Waals surface area contributed by atoms with Gasteiger partial charge in [0.25, 0.3) is 7.48 Å². The van der Waals surface area contributed by atoms with E-state index in [4.69, 9.17) is 10.8 Å². The van der Waals surface area contributed by atoms with Gasteiger partial charge in [-0.25, -0.2) is 4.39 Å². The Bertz CT molecular complexity index is 359. The molecule has 0 bridgehead atoms. The lowest BCUT2D eigenvalue weighted by Crippen LogP contribution is -2.52. The second-order valence-electron chi connectivity index (χ2n) is 5.84. The molecule has 0 amide bonds. The van der Waals surface area contributed by atoms with Gasteiger partial charge in [-0.1, -0.05) is 12.7 Å². The Labute approximate surface area is 112 Å². The van der Waals surface area contributed by atoms with Gasteiger partial charge in [0.05, 0.1) is 6.10 Å². The molecular weight excluding hydrogens is 252 g/mol. The summed E-state index contributed by atoms with van der Waals surface area (Å²) in [5.41, 5.74) is 4.60. The first-order chi connectivity index (χ1) is 8.91. The van der Waals surface area contributed by atoms with Crippen LogP contribution in [0.5, 0.6) is 0 Å². The van der Waals surface area contributed by atoms with E-state index in [0.29, 0.717) is 19.2 Å². The number of carbonyl (C=O) groups is 1. The van der Waals surface area contributed by atoms with Gasteiger partial charge >= 0.3 is 5.97 Å². The highest BCUT2D eigenvalue weighted by Crippen LogP contribution is 2.54. The van der Waals surface area contributed by atoms with Crippen molar-refractivity contribution in [1.82, 2.24) is 0 Å². The van der Waals surface area contributed by atoms with E-state index in [1.54, 1.807) is 0 Å². The van der Waals surface area contributed by atoms with Crippen molar-refractivity contribution in [1.29, 1.82) is 0 Å². The number of hydrogen-bond acceptors (Lipinski definition) is 4. The molecule has 107 valence electrons.